The minimum atomic E-state index is -3.21. The Morgan fingerprint density at radius 3 is 2.40 bits per heavy atom. The van der Waals surface area contributed by atoms with Gasteiger partial charge in [0, 0.05) is 6.26 Å². The van der Waals surface area contributed by atoms with Crippen LogP contribution in [0.5, 0.6) is 0 Å². The smallest absolute Gasteiger partial charge is 0.175 e. The third kappa shape index (κ3) is 3.08. The molecule has 2 aromatic rings. The van der Waals surface area contributed by atoms with Crippen molar-refractivity contribution < 1.29 is 8.42 Å². The number of nitrogens with two attached hydrogens (primary N) is 1. The molecule has 0 aliphatic rings. The van der Waals surface area contributed by atoms with Crippen LogP contribution >= 0.6 is 0 Å². The molecular formula is C16H19NO2S. The first-order valence-corrected chi connectivity index (χ1v) is 8.31. The highest BCUT2D eigenvalue weighted by molar-refractivity contribution is 7.90. The van der Waals surface area contributed by atoms with Gasteiger partial charge in [0.2, 0.25) is 0 Å². The summed E-state index contributed by atoms with van der Waals surface area (Å²) in [6.45, 7) is 4.03. The Kier molecular flexibility index (Phi) is 3.97. The van der Waals surface area contributed by atoms with Crippen LogP contribution in [0.15, 0.2) is 47.4 Å². The van der Waals surface area contributed by atoms with Crippen molar-refractivity contribution in [3.05, 3.63) is 64.7 Å². The highest BCUT2D eigenvalue weighted by atomic mass is 32.2. The molecule has 4 heteroatoms. The molecule has 1 atom stereocenters. The summed E-state index contributed by atoms with van der Waals surface area (Å²) in [6.07, 6.45) is 1.20. The molecule has 0 aromatic heterocycles. The SMILES string of the molecule is Cc1ccc(C)c(C(N)c2cccc(S(C)(=O)=O)c2)c1. The summed E-state index contributed by atoms with van der Waals surface area (Å²) in [4.78, 5) is 0.302. The Balaban J connectivity index is 2.48. The predicted octanol–water partition coefficient (Wildman–Crippen LogP) is 2.76. The quantitative estimate of drug-likeness (QED) is 0.945. The molecule has 0 bridgehead atoms. The van der Waals surface area contributed by atoms with Crippen molar-refractivity contribution in [2.75, 3.05) is 6.26 Å². The maximum Gasteiger partial charge on any atom is 0.175 e. The summed E-state index contributed by atoms with van der Waals surface area (Å²) in [5.41, 5.74) is 10.4. The lowest BCUT2D eigenvalue weighted by atomic mass is 9.94. The van der Waals surface area contributed by atoms with Gasteiger partial charge in [0.15, 0.2) is 9.84 Å². The van der Waals surface area contributed by atoms with Crippen LogP contribution < -0.4 is 5.73 Å². The zero-order chi connectivity index (χ0) is 14.9. The van der Waals surface area contributed by atoms with Crippen LogP contribution in [0.2, 0.25) is 0 Å². The molecule has 0 aliphatic heterocycles. The fourth-order valence-electron chi connectivity index (χ4n) is 2.21. The van der Waals surface area contributed by atoms with E-state index in [-0.39, 0.29) is 6.04 Å². The second kappa shape index (κ2) is 5.38. The van der Waals surface area contributed by atoms with Gasteiger partial charge in [0.1, 0.15) is 0 Å². The Morgan fingerprint density at radius 2 is 1.75 bits per heavy atom. The zero-order valence-corrected chi connectivity index (χ0v) is 12.7. The molecule has 2 N–H and O–H groups in total. The molecule has 2 aromatic carbocycles. The zero-order valence-electron chi connectivity index (χ0n) is 11.9. The van der Waals surface area contributed by atoms with Crippen LogP contribution in [0.25, 0.3) is 0 Å². The lowest BCUT2D eigenvalue weighted by Crippen LogP contribution is -2.14. The second-order valence-electron chi connectivity index (χ2n) is 5.18. The van der Waals surface area contributed by atoms with Gasteiger partial charge in [-0.1, -0.05) is 35.9 Å². The topological polar surface area (TPSA) is 60.2 Å². The van der Waals surface area contributed by atoms with Gasteiger partial charge in [0.05, 0.1) is 10.9 Å². The van der Waals surface area contributed by atoms with Gasteiger partial charge in [-0.15, -0.1) is 0 Å². The summed E-state index contributed by atoms with van der Waals surface area (Å²) in [5.74, 6) is 0. The van der Waals surface area contributed by atoms with E-state index in [1.165, 1.54) is 6.26 Å². The van der Waals surface area contributed by atoms with Crippen molar-refractivity contribution in [2.24, 2.45) is 5.73 Å². The van der Waals surface area contributed by atoms with E-state index in [1.807, 2.05) is 38.1 Å². The molecule has 0 amide bonds. The second-order valence-corrected chi connectivity index (χ2v) is 7.20. The number of sulfone groups is 1. The molecule has 0 aliphatic carbocycles. The van der Waals surface area contributed by atoms with E-state index in [1.54, 1.807) is 18.2 Å². The maximum atomic E-state index is 11.6. The summed E-state index contributed by atoms with van der Waals surface area (Å²) >= 11 is 0. The molecule has 0 radical (unpaired) electrons. The average molecular weight is 289 g/mol. The monoisotopic (exact) mass is 289 g/mol. The molecule has 3 nitrogen and oxygen atoms in total. The van der Waals surface area contributed by atoms with E-state index < -0.39 is 9.84 Å². The van der Waals surface area contributed by atoms with Crippen LogP contribution in [0.3, 0.4) is 0 Å². The highest BCUT2D eigenvalue weighted by Crippen LogP contribution is 2.25. The lowest BCUT2D eigenvalue weighted by molar-refractivity contribution is 0.601. The number of aryl methyl sites for hydroxylation is 2. The van der Waals surface area contributed by atoms with Gasteiger partial charge in [0.25, 0.3) is 0 Å². The Bertz CT molecular complexity index is 736. The molecule has 0 spiro atoms. The standard InChI is InChI=1S/C16H19NO2S/c1-11-7-8-12(2)15(9-11)16(17)13-5-4-6-14(10-13)20(3,18)19/h4-10,16H,17H2,1-3H3. The maximum absolute atomic E-state index is 11.6. The largest absolute Gasteiger partial charge is 0.320 e. The molecule has 2 rings (SSSR count). The van der Waals surface area contributed by atoms with Gasteiger partial charge in [-0.25, -0.2) is 8.42 Å². The molecule has 0 heterocycles. The van der Waals surface area contributed by atoms with Crippen molar-refractivity contribution in [1.82, 2.24) is 0 Å². The van der Waals surface area contributed by atoms with E-state index in [2.05, 4.69) is 0 Å². The lowest BCUT2D eigenvalue weighted by Gasteiger charge is -2.16. The Labute approximate surface area is 120 Å². The van der Waals surface area contributed by atoms with Gasteiger partial charge in [-0.05, 0) is 42.7 Å². The number of benzene rings is 2. The van der Waals surface area contributed by atoms with Crippen LogP contribution in [0, 0.1) is 13.8 Å². The minimum Gasteiger partial charge on any atom is -0.320 e. The van der Waals surface area contributed by atoms with Crippen LogP contribution in [0.1, 0.15) is 28.3 Å². The Hall–Kier alpha value is -1.65. The van der Waals surface area contributed by atoms with Crippen molar-refractivity contribution >= 4 is 9.84 Å². The molecule has 106 valence electrons. The van der Waals surface area contributed by atoms with Crippen LogP contribution in [-0.2, 0) is 9.84 Å². The fourth-order valence-corrected chi connectivity index (χ4v) is 2.89. The first-order chi connectivity index (χ1) is 9.29. The summed E-state index contributed by atoms with van der Waals surface area (Å²) in [7, 11) is -3.21. The van der Waals surface area contributed by atoms with E-state index in [9.17, 15) is 8.42 Å². The van der Waals surface area contributed by atoms with E-state index in [0.29, 0.717) is 4.90 Å². The number of hydrogen-bond donors (Lipinski definition) is 1. The van der Waals surface area contributed by atoms with Crippen LogP contribution in [0.4, 0.5) is 0 Å². The molecule has 20 heavy (non-hydrogen) atoms. The fraction of sp³-hybridized carbons (Fsp3) is 0.250. The van der Waals surface area contributed by atoms with Gasteiger partial charge < -0.3 is 5.73 Å². The summed E-state index contributed by atoms with van der Waals surface area (Å²) in [5, 5.41) is 0. The summed E-state index contributed by atoms with van der Waals surface area (Å²) < 4.78 is 23.2. The Morgan fingerprint density at radius 1 is 1.05 bits per heavy atom. The first kappa shape index (κ1) is 14.8. The third-order valence-electron chi connectivity index (χ3n) is 3.42. The van der Waals surface area contributed by atoms with E-state index >= 15 is 0 Å². The predicted molar refractivity (Wildman–Crippen MR) is 81.5 cm³/mol. The minimum absolute atomic E-state index is 0.302. The average Bonchev–Trinajstić information content (AvgIpc) is 2.40. The van der Waals surface area contributed by atoms with Crippen LogP contribution in [-0.4, -0.2) is 14.7 Å². The molecule has 1 unspecified atom stereocenters. The highest BCUT2D eigenvalue weighted by Gasteiger charge is 2.14. The third-order valence-corrected chi connectivity index (χ3v) is 4.53. The van der Waals surface area contributed by atoms with Crippen molar-refractivity contribution in [3.8, 4) is 0 Å². The normalized spacial score (nSPS) is 13.2. The molecule has 0 saturated carbocycles. The molecular weight excluding hydrogens is 270 g/mol. The number of rotatable bonds is 3. The summed E-state index contributed by atoms with van der Waals surface area (Å²) in [6, 6.07) is 12.6. The van der Waals surface area contributed by atoms with Crippen molar-refractivity contribution in [3.63, 3.8) is 0 Å². The van der Waals surface area contributed by atoms with E-state index in [0.717, 1.165) is 22.3 Å². The van der Waals surface area contributed by atoms with Gasteiger partial charge in [-0.3, -0.25) is 0 Å². The van der Waals surface area contributed by atoms with Crippen molar-refractivity contribution in [1.29, 1.82) is 0 Å². The molecule has 0 fully saturated rings. The van der Waals surface area contributed by atoms with Gasteiger partial charge in [-0.2, -0.15) is 0 Å². The van der Waals surface area contributed by atoms with Crippen molar-refractivity contribution in [2.45, 2.75) is 24.8 Å². The van der Waals surface area contributed by atoms with Gasteiger partial charge >= 0.3 is 0 Å². The molecule has 0 saturated heterocycles. The first-order valence-electron chi connectivity index (χ1n) is 6.42. The number of hydrogen-bond acceptors (Lipinski definition) is 3. The van der Waals surface area contributed by atoms with E-state index in [4.69, 9.17) is 5.73 Å².